The Morgan fingerprint density at radius 3 is 2.47 bits per heavy atom. The molecule has 1 aromatic rings. The molecule has 9 nitrogen and oxygen atoms in total. The first-order valence-corrected chi connectivity index (χ1v) is 9.95. The summed E-state index contributed by atoms with van der Waals surface area (Å²) < 4.78 is 33.8. The van der Waals surface area contributed by atoms with E-state index in [1.807, 2.05) is 0 Å². The van der Waals surface area contributed by atoms with Gasteiger partial charge < -0.3 is 14.8 Å². The van der Waals surface area contributed by atoms with Crippen molar-refractivity contribution in [2.24, 2.45) is 0 Å². The van der Waals surface area contributed by atoms with Gasteiger partial charge in [-0.1, -0.05) is 43.5 Å². The summed E-state index contributed by atoms with van der Waals surface area (Å²) in [6.45, 7) is 7.90. The number of benzene rings is 1. The van der Waals surface area contributed by atoms with E-state index >= 15 is 0 Å². The van der Waals surface area contributed by atoms with Gasteiger partial charge in [-0.3, -0.25) is 14.5 Å². The number of para-hydroxylation sites is 1. The van der Waals surface area contributed by atoms with Crippen molar-refractivity contribution in [3.63, 3.8) is 0 Å². The van der Waals surface area contributed by atoms with Gasteiger partial charge >= 0.3 is 5.97 Å². The molecular formula is C20H21N2O7S. The molecule has 0 aromatic heterocycles. The fraction of sp³-hybridized carbons (Fsp3) is 0.250. The maximum atomic E-state index is 12.6. The second-order valence-electron chi connectivity index (χ2n) is 6.13. The topological polar surface area (TPSA) is 119 Å². The van der Waals surface area contributed by atoms with Gasteiger partial charge in [-0.25, -0.2) is 4.79 Å². The van der Waals surface area contributed by atoms with Crippen molar-refractivity contribution < 1.29 is 32.3 Å². The Balaban J connectivity index is 2.15. The van der Waals surface area contributed by atoms with Crippen molar-refractivity contribution in [2.45, 2.75) is 18.3 Å². The number of rotatable bonds is 10. The summed E-state index contributed by atoms with van der Waals surface area (Å²) in [6.07, 6.45) is 2.62. The zero-order valence-electron chi connectivity index (χ0n) is 16.2. The third-order valence-corrected chi connectivity index (χ3v) is 4.99. The molecule has 2 rings (SSSR count). The minimum Gasteiger partial charge on any atom is -0.484 e. The van der Waals surface area contributed by atoms with Crippen LogP contribution in [0.25, 0.3) is 0 Å². The smallest absolute Gasteiger partial charge is 0.355 e. The van der Waals surface area contributed by atoms with Gasteiger partial charge in [0.05, 0.1) is 0 Å². The predicted octanol–water partition coefficient (Wildman–Crippen LogP) is 0.787. The SMILES string of the molecule is C=CCOC(=O)/C(=C(\C)C=C)N1C(=O)[C@@H](NC(=O)COc2ccccc2)[C@H]1[S](=O)=O. The van der Waals surface area contributed by atoms with Crippen LogP contribution in [0.2, 0.25) is 0 Å². The van der Waals surface area contributed by atoms with Gasteiger partial charge in [0.1, 0.15) is 24.1 Å². The van der Waals surface area contributed by atoms with Crippen molar-refractivity contribution in [3.8, 4) is 5.75 Å². The molecule has 1 aliphatic heterocycles. The lowest BCUT2D eigenvalue weighted by Crippen LogP contribution is -2.71. The second kappa shape index (κ2) is 10.3. The minimum atomic E-state index is -2.82. The van der Waals surface area contributed by atoms with Crippen LogP contribution in [0.4, 0.5) is 0 Å². The molecule has 0 spiro atoms. The number of nitrogens with one attached hydrogen (secondary N) is 1. The van der Waals surface area contributed by atoms with Crippen LogP contribution in [0.1, 0.15) is 6.92 Å². The molecule has 159 valence electrons. The van der Waals surface area contributed by atoms with Crippen molar-refractivity contribution >= 4 is 28.5 Å². The summed E-state index contributed by atoms with van der Waals surface area (Å²) in [4.78, 5) is 37.9. The number of likely N-dealkylation sites (tertiary alicyclic amines) is 1. The minimum absolute atomic E-state index is 0.128. The zero-order chi connectivity index (χ0) is 22.3. The number of allylic oxidation sites excluding steroid dienone is 2. The molecule has 2 atom stereocenters. The Bertz CT molecular complexity index is 945. The Morgan fingerprint density at radius 1 is 1.23 bits per heavy atom. The molecule has 1 N–H and O–H groups in total. The van der Waals surface area contributed by atoms with Gasteiger partial charge in [0.25, 0.3) is 11.8 Å². The number of carbonyl (C=O) groups is 3. The highest BCUT2D eigenvalue weighted by molar-refractivity contribution is 7.73. The molecule has 0 unspecified atom stereocenters. The molecular weight excluding hydrogens is 412 g/mol. The number of nitrogens with zero attached hydrogens (tertiary/aromatic N) is 1. The predicted molar refractivity (Wildman–Crippen MR) is 107 cm³/mol. The lowest BCUT2D eigenvalue weighted by Gasteiger charge is -2.43. The largest absolute Gasteiger partial charge is 0.484 e. The number of esters is 1. The second-order valence-corrected chi connectivity index (χ2v) is 7.13. The normalized spacial score (nSPS) is 18.4. The van der Waals surface area contributed by atoms with Crippen LogP contribution in [0.3, 0.4) is 0 Å². The number of hydrogen-bond acceptors (Lipinski definition) is 7. The molecule has 1 radical (unpaired) electrons. The highest BCUT2D eigenvalue weighted by Crippen LogP contribution is 2.29. The Hall–Kier alpha value is -3.53. The van der Waals surface area contributed by atoms with E-state index < -0.39 is 46.5 Å². The van der Waals surface area contributed by atoms with E-state index in [1.54, 1.807) is 30.3 Å². The number of β-lactam (4-membered cyclic amide) rings is 1. The van der Waals surface area contributed by atoms with Crippen molar-refractivity contribution in [1.82, 2.24) is 10.2 Å². The van der Waals surface area contributed by atoms with Gasteiger partial charge in [-0.15, -0.1) is 0 Å². The lowest BCUT2D eigenvalue weighted by molar-refractivity contribution is -0.152. The number of carbonyl (C=O) groups excluding carboxylic acids is 3. The maximum absolute atomic E-state index is 12.6. The summed E-state index contributed by atoms with van der Waals surface area (Å²) in [5, 5.41) is 0.840. The van der Waals surface area contributed by atoms with E-state index in [4.69, 9.17) is 9.47 Å². The van der Waals surface area contributed by atoms with E-state index in [0.717, 1.165) is 4.90 Å². The molecule has 1 aromatic carbocycles. The summed E-state index contributed by atoms with van der Waals surface area (Å²) in [6, 6.07) is 7.14. The fourth-order valence-electron chi connectivity index (χ4n) is 2.66. The van der Waals surface area contributed by atoms with Gasteiger partial charge in [-0.05, 0) is 24.6 Å². The van der Waals surface area contributed by atoms with Crippen molar-refractivity contribution in [1.29, 1.82) is 0 Å². The van der Waals surface area contributed by atoms with Crippen LogP contribution >= 0.6 is 0 Å². The molecule has 2 amide bonds. The lowest BCUT2D eigenvalue weighted by atomic mass is 10.0. The highest BCUT2D eigenvalue weighted by atomic mass is 32.2. The standard InChI is InChI=1S/C20H21N2O7S/c1-4-11-28-20(25)17(13(3)5-2)22-18(24)16(19(22)30(26)27)21-15(23)12-29-14-9-7-6-8-10-14/h4-10,16,19H,1-2,11-12H2,3H3,(H,21,23)/b17-13-/t16-,19-/m1/s1. The van der Waals surface area contributed by atoms with Gasteiger partial charge in [-0.2, -0.15) is 8.42 Å². The molecule has 0 bridgehead atoms. The zero-order valence-corrected chi connectivity index (χ0v) is 17.1. The van der Waals surface area contributed by atoms with Crippen molar-refractivity contribution in [2.75, 3.05) is 13.2 Å². The first-order valence-electron chi connectivity index (χ1n) is 8.81. The number of amides is 2. The number of ether oxygens (including phenoxy) is 2. The Morgan fingerprint density at radius 2 is 1.90 bits per heavy atom. The Kier molecular flexibility index (Phi) is 7.82. The molecule has 1 saturated heterocycles. The first-order chi connectivity index (χ1) is 14.3. The molecule has 1 aliphatic rings. The van der Waals surface area contributed by atoms with Crippen molar-refractivity contribution in [3.05, 3.63) is 66.9 Å². The first kappa shape index (κ1) is 22.8. The van der Waals surface area contributed by atoms with E-state index in [9.17, 15) is 22.8 Å². The van der Waals surface area contributed by atoms with Crippen LogP contribution in [-0.2, 0) is 29.8 Å². The van der Waals surface area contributed by atoms with E-state index in [1.165, 1.54) is 19.1 Å². The molecule has 30 heavy (non-hydrogen) atoms. The van der Waals surface area contributed by atoms with E-state index in [-0.39, 0.29) is 17.9 Å². The summed E-state index contributed by atoms with van der Waals surface area (Å²) in [5.41, 5.74) is -0.0258. The van der Waals surface area contributed by atoms with Crippen LogP contribution in [0, 0.1) is 0 Å². The van der Waals surface area contributed by atoms with E-state index in [2.05, 4.69) is 18.5 Å². The molecule has 0 aliphatic carbocycles. The van der Waals surface area contributed by atoms with Crippen LogP contribution in [-0.4, -0.2) is 55.7 Å². The summed E-state index contributed by atoms with van der Waals surface area (Å²) >= 11 is 0. The number of hydrogen-bond donors (Lipinski definition) is 1. The molecule has 1 heterocycles. The fourth-order valence-corrected chi connectivity index (χ4v) is 3.45. The maximum Gasteiger partial charge on any atom is 0.355 e. The summed E-state index contributed by atoms with van der Waals surface area (Å²) in [5.74, 6) is -1.93. The monoisotopic (exact) mass is 433 g/mol. The van der Waals surface area contributed by atoms with Gasteiger partial charge in [0.15, 0.2) is 12.0 Å². The third kappa shape index (κ3) is 5.09. The average molecular weight is 433 g/mol. The molecule has 10 heteroatoms. The third-order valence-electron chi connectivity index (χ3n) is 4.12. The van der Waals surface area contributed by atoms with Gasteiger partial charge in [0, 0.05) is 0 Å². The van der Waals surface area contributed by atoms with Crippen LogP contribution in [0.15, 0.2) is 66.9 Å². The van der Waals surface area contributed by atoms with Gasteiger partial charge in [0.2, 0.25) is 10.7 Å². The van der Waals surface area contributed by atoms with Crippen LogP contribution < -0.4 is 10.1 Å². The average Bonchev–Trinajstić information content (AvgIpc) is 2.74. The molecule has 0 saturated carbocycles. The highest BCUT2D eigenvalue weighted by Gasteiger charge is 2.55. The van der Waals surface area contributed by atoms with E-state index in [0.29, 0.717) is 5.75 Å². The van der Waals surface area contributed by atoms with Crippen LogP contribution in [0.5, 0.6) is 5.75 Å². The Labute approximate surface area is 175 Å². The summed E-state index contributed by atoms with van der Waals surface area (Å²) in [7, 11) is -2.82. The quantitative estimate of drug-likeness (QED) is 0.190. The molecule has 1 fully saturated rings.